The number of nitrogens with one attached hydrogen (secondary N) is 2. The van der Waals surface area contributed by atoms with Crippen LogP contribution in [0.4, 0.5) is 11.6 Å². The third-order valence-electron chi connectivity index (χ3n) is 2.49. The van der Waals surface area contributed by atoms with Crippen molar-refractivity contribution in [1.29, 1.82) is 0 Å². The molecule has 0 unspecified atom stereocenters. The van der Waals surface area contributed by atoms with Gasteiger partial charge in [-0.15, -0.1) is 11.3 Å². The number of anilines is 2. The molecule has 102 valence electrons. The van der Waals surface area contributed by atoms with E-state index in [4.69, 9.17) is 0 Å². The highest BCUT2D eigenvalue weighted by molar-refractivity contribution is 7.98. The lowest BCUT2D eigenvalue weighted by Gasteiger charge is -2.09. The summed E-state index contributed by atoms with van der Waals surface area (Å²) < 4.78 is 0. The van der Waals surface area contributed by atoms with Crippen LogP contribution in [0.15, 0.2) is 23.4 Å². The lowest BCUT2D eigenvalue weighted by atomic mass is 10.4. The summed E-state index contributed by atoms with van der Waals surface area (Å²) in [6.07, 6.45) is 1.98. The summed E-state index contributed by atoms with van der Waals surface area (Å²) in [5, 5.41) is 7.36. The molecular formula is C13H18N4S2. The zero-order valence-electron chi connectivity index (χ0n) is 11.4. The van der Waals surface area contributed by atoms with Crippen LogP contribution in [0.2, 0.25) is 0 Å². The molecule has 6 heteroatoms. The number of nitrogens with zero attached hydrogens (tertiary/aromatic N) is 2. The van der Waals surface area contributed by atoms with E-state index in [1.807, 2.05) is 12.3 Å². The maximum Gasteiger partial charge on any atom is 0.191 e. The normalized spacial score (nSPS) is 10.5. The largest absolute Gasteiger partial charge is 0.370 e. The smallest absolute Gasteiger partial charge is 0.191 e. The van der Waals surface area contributed by atoms with Crippen LogP contribution >= 0.6 is 23.1 Å². The van der Waals surface area contributed by atoms with Gasteiger partial charge in [0.2, 0.25) is 0 Å². The fourth-order valence-electron chi connectivity index (χ4n) is 1.64. The summed E-state index contributed by atoms with van der Waals surface area (Å²) in [6, 6.07) is 6.23. The Morgan fingerprint density at radius 2 is 1.95 bits per heavy atom. The van der Waals surface area contributed by atoms with Crippen molar-refractivity contribution >= 4 is 34.7 Å². The molecule has 4 nitrogen and oxygen atoms in total. The number of aryl methyl sites for hydroxylation is 1. The molecule has 0 fully saturated rings. The van der Waals surface area contributed by atoms with E-state index in [-0.39, 0.29) is 0 Å². The van der Waals surface area contributed by atoms with Gasteiger partial charge in [-0.2, -0.15) is 0 Å². The topological polar surface area (TPSA) is 49.8 Å². The Bertz CT molecular complexity index is 539. The number of rotatable bonds is 6. The van der Waals surface area contributed by atoms with Gasteiger partial charge in [-0.25, -0.2) is 9.97 Å². The third kappa shape index (κ3) is 4.11. The van der Waals surface area contributed by atoms with Gasteiger partial charge in [0, 0.05) is 22.4 Å². The average Bonchev–Trinajstić information content (AvgIpc) is 2.82. The maximum atomic E-state index is 4.46. The molecule has 2 N–H and O–H groups in total. The molecule has 19 heavy (non-hydrogen) atoms. The second-order valence-corrected chi connectivity index (χ2v) is 6.17. The van der Waals surface area contributed by atoms with E-state index in [2.05, 4.69) is 46.6 Å². The second-order valence-electron chi connectivity index (χ2n) is 4.02. The number of aromatic nitrogens is 2. The molecule has 0 atom stereocenters. The predicted molar refractivity (Wildman–Crippen MR) is 84.4 cm³/mol. The zero-order valence-corrected chi connectivity index (χ0v) is 13.0. The quantitative estimate of drug-likeness (QED) is 0.629. The van der Waals surface area contributed by atoms with Gasteiger partial charge in [0.1, 0.15) is 11.6 Å². The molecule has 2 aromatic rings. The molecule has 0 aromatic carbocycles. The van der Waals surface area contributed by atoms with Crippen molar-refractivity contribution in [2.75, 3.05) is 23.4 Å². The Morgan fingerprint density at radius 1 is 1.21 bits per heavy atom. The predicted octanol–water partition coefficient (Wildman–Crippen LogP) is 3.61. The van der Waals surface area contributed by atoms with Gasteiger partial charge in [0.15, 0.2) is 5.16 Å². The summed E-state index contributed by atoms with van der Waals surface area (Å²) >= 11 is 3.35. The van der Waals surface area contributed by atoms with Crippen molar-refractivity contribution in [3.8, 4) is 0 Å². The first-order valence-electron chi connectivity index (χ1n) is 6.17. The first-order valence-corrected chi connectivity index (χ1v) is 8.21. The highest BCUT2D eigenvalue weighted by Crippen LogP contribution is 2.20. The lowest BCUT2D eigenvalue weighted by molar-refractivity contribution is 0.952. The molecular weight excluding hydrogens is 276 g/mol. The van der Waals surface area contributed by atoms with E-state index >= 15 is 0 Å². The Kier molecular flexibility index (Phi) is 5.04. The molecule has 0 aliphatic heterocycles. The fourth-order valence-corrected chi connectivity index (χ4v) is 2.85. The van der Waals surface area contributed by atoms with E-state index in [0.717, 1.165) is 29.9 Å². The van der Waals surface area contributed by atoms with E-state index in [1.54, 1.807) is 23.1 Å². The van der Waals surface area contributed by atoms with Crippen LogP contribution in [-0.4, -0.2) is 22.8 Å². The number of thioether (sulfide) groups is 1. The van der Waals surface area contributed by atoms with Crippen LogP contribution in [0.1, 0.15) is 16.7 Å². The van der Waals surface area contributed by atoms with Crippen molar-refractivity contribution in [2.45, 2.75) is 25.5 Å². The summed E-state index contributed by atoms with van der Waals surface area (Å²) in [7, 11) is 0. The minimum atomic E-state index is 0.781. The Hall–Kier alpha value is -1.27. The van der Waals surface area contributed by atoms with E-state index in [0.29, 0.717) is 0 Å². The standard InChI is InChI=1S/C13H18N4S2/c1-4-14-11-7-12(17-13(16-11)18-3)15-8-10-6-5-9(2)19-10/h5-7H,4,8H2,1-3H3,(H2,14,15,16,17). The molecule has 0 saturated heterocycles. The van der Waals surface area contributed by atoms with Crippen LogP contribution in [0.3, 0.4) is 0 Å². The molecule has 0 bridgehead atoms. The summed E-state index contributed by atoms with van der Waals surface area (Å²) in [4.78, 5) is 11.5. The zero-order chi connectivity index (χ0) is 13.7. The minimum Gasteiger partial charge on any atom is -0.370 e. The molecule has 0 spiro atoms. The highest BCUT2D eigenvalue weighted by atomic mass is 32.2. The summed E-state index contributed by atoms with van der Waals surface area (Å²) in [5.74, 6) is 1.73. The molecule has 2 aromatic heterocycles. The first-order chi connectivity index (χ1) is 9.21. The van der Waals surface area contributed by atoms with Crippen molar-refractivity contribution in [3.05, 3.63) is 28.0 Å². The van der Waals surface area contributed by atoms with Crippen molar-refractivity contribution in [2.24, 2.45) is 0 Å². The first kappa shape index (κ1) is 14.1. The Labute approximate surface area is 122 Å². The van der Waals surface area contributed by atoms with Crippen LogP contribution in [-0.2, 0) is 6.54 Å². The van der Waals surface area contributed by atoms with Crippen molar-refractivity contribution in [3.63, 3.8) is 0 Å². The molecule has 2 heterocycles. The Morgan fingerprint density at radius 3 is 2.53 bits per heavy atom. The van der Waals surface area contributed by atoms with Crippen LogP contribution in [0, 0.1) is 6.92 Å². The number of hydrogen-bond donors (Lipinski definition) is 2. The molecule has 0 radical (unpaired) electrons. The maximum absolute atomic E-state index is 4.46. The SMILES string of the molecule is CCNc1cc(NCc2ccc(C)s2)nc(SC)n1. The monoisotopic (exact) mass is 294 g/mol. The van der Waals surface area contributed by atoms with E-state index in [9.17, 15) is 0 Å². The molecule has 0 aliphatic rings. The van der Waals surface area contributed by atoms with Gasteiger partial charge in [0.05, 0.1) is 6.54 Å². The molecule has 2 rings (SSSR count). The molecule has 0 saturated carbocycles. The van der Waals surface area contributed by atoms with Crippen molar-refractivity contribution < 1.29 is 0 Å². The molecule has 0 amide bonds. The van der Waals surface area contributed by atoms with Gasteiger partial charge in [-0.1, -0.05) is 11.8 Å². The van der Waals surface area contributed by atoms with Crippen LogP contribution in [0.5, 0.6) is 0 Å². The van der Waals surface area contributed by atoms with Gasteiger partial charge in [-0.05, 0) is 32.2 Å². The number of hydrogen-bond acceptors (Lipinski definition) is 6. The van der Waals surface area contributed by atoms with Gasteiger partial charge in [0.25, 0.3) is 0 Å². The van der Waals surface area contributed by atoms with Gasteiger partial charge >= 0.3 is 0 Å². The van der Waals surface area contributed by atoms with Crippen molar-refractivity contribution in [1.82, 2.24) is 9.97 Å². The molecule has 0 aliphatic carbocycles. The van der Waals surface area contributed by atoms with Crippen LogP contribution in [0.25, 0.3) is 0 Å². The average molecular weight is 294 g/mol. The van der Waals surface area contributed by atoms with E-state index in [1.165, 1.54) is 9.75 Å². The van der Waals surface area contributed by atoms with Gasteiger partial charge < -0.3 is 10.6 Å². The third-order valence-corrected chi connectivity index (χ3v) is 4.03. The lowest BCUT2D eigenvalue weighted by Crippen LogP contribution is -2.05. The fraction of sp³-hybridized carbons (Fsp3) is 0.385. The van der Waals surface area contributed by atoms with Crippen LogP contribution < -0.4 is 10.6 Å². The minimum absolute atomic E-state index is 0.781. The summed E-state index contributed by atoms with van der Waals surface area (Å²) in [6.45, 7) is 5.83. The Balaban J connectivity index is 2.08. The summed E-state index contributed by atoms with van der Waals surface area (Å²) in [5.41, 5.74) is 0. The second kappa shape index (κ2) is 6.77. The number of thiophene rings is 1. The van der Waals surface area contributed by atoms with E-state index < -0.39 is 0 Å². The van der Waals surface area contributed by atoms with Gasteiger partial charge in [-0.3, -0.25) is 0 Å². The highest BCUT2D eigenvalue weighted by Gasteiger charge is 2.04.